The van der Waals surface area contributed by atoms with E-state index in [0.717, 1.165) is 36.5 Å². The third-order valence-corrected chi connectivity index (χ3v) is 3.54. The summed E-state index contributed by atoms with van der Waals surface area (Å²) < 4.78 is 7.16. The summed E-state index contributed by atoms with van der Waals surface area (Å²) in [6.45, 7) is 5.56. The normalized spacial score (nSPS) is 10.9. The van der Waals surface area contributed by atoms with E-state index in [1.165, 1.54) is 0 Å². The molecule has 25 heavy (non-hydrogen) atoms. The molecule has 0 saturated carbocycles. The number of carbonyl (C=O) groups is 1. The number of carbonyl (C=O) groups excluding carboxylic acids is 1. The maximum Gasteiger partial charge on any atom is 0.241 e. The zero-order chi connectivity index (χ0) is 18.1. The minimum Gasteiger partial charge on any atom is -0.481 e. The molecule has 1 aromatic rings. The first-order valence-electron chi connectivity index (χ1n) is 8.25. The van der Waals surface area contributed by atoms with Crippen molar-refractivity contribution in [1.82, 2.24) is 25.3 Å². The van der Waals surface area contributed by atoms with Crippen molar-refractivity contribution in [2.45, 2.75) is 33.2 Å². The van der Waals surface area contributed by atoms with Gasteiger partial charge in [0.1, 0.15) is 0 Å². The molecule has 0 aliphatic carbocycles. The number of aromatic nitrogens is 2. The zero-order valence-electron chi connectivity index (χ0n) is 16.0. The molecule has 0 spiro atoms. The number of guanidine groups is 1. The Morgan fingerprint density at radius 1 is 1.32 bits per heavy atom. The Kier molecular flexibility index (Phi) is 11.2. The lowest BCUT2D eigenvalue weighted by Gasteiger charge is -2.14. The number of amides is 1. The van der Waals surface area contributed by atoms with Gasteiger partial charge in [-0.25, -0.2) is 9.67 Å². The van der Waals surface area contributed by atoms with Crippen LogP contribution >= 0.6 is 24.0 Å². The van der Waals surface area contributed by atoms with Gasteiger partial charge in [0.2, 0.25) is 11.8 Å². The number of ether oxygens (including phenoxy) is 1. The van der Waals surface area contributed by atoms with Crippen LogP contribution in [0.1, 0.15) is 31.5 Å². The second-order valence-corrected chi connectivity index (χ2v) is 5.65. The molecular formula is C16H31IN6O2. The van der Waals surface area contributed by atoms with Crippen molar-refractivity contribution in [3.63, 3.8) is 0 Å². The molecule has 0 atom stereocenters. The minimum absolute atomic E-state index is 0. The molecule has 0 bridgehead atoms. The van der Waals surface area contributed by atoms with E-state index in [0.29, 0.717) is 12.5 Å². The molecule has 0 unspecified atom stereocenters. The van der Waals surface area contributed by atoms with Crippen molar-refractivity contribution >= 4 is 35.8 Å². The Balaban J connectivity index is 0.00000576. The fraction of sp³-hybridized carbons (Fsp3) is 0.688. The molecule has 0 aliphatic rings. The summed E-state index contributed by atoms with van der Waals surface area (Å²) in [6, 6.07) is 0. The van der Waals surface area contributed by atoms with Crippen LogP contribution in [0.5, 0.6) is 5.88 Å². The van der Waals surface area contributed by atoms with Gasteiger partial charge in [0.15, 0.2) is 5.96 Å². The zero-order valence-corrected chi connectivity index (χ0v) is 18.4. The van der Waals surface area contributed by atoms with Gasteiger partial charge in [0, 0.05) is 27.7 Å². The average Bonchev–Trinajstić information content (AvgIpc) is 2.88. The number of halogens is 1. The highest BCUT2D eigenvalue weighted by Gasteiger charge is 2.15. The van der Waals surface area contributed by atoms with Gasteiger partial charge in [0.25, 0.3) is 0 Å². The average molecular weight is 466 g/mol. The molecule has 0 aliphatic heterocycles. The highest BCUT2D eigenvalue weighted by Crippen LogP contribution is 2.22. The molecule has 144 valence electrons. The number of nitrogens with zero attached hydrogens (tertiary/aromatic N) is 4. The first kappa shape index (κ1) is 23.5. The summed E-state index contributed by atoms with van der Waals surface area (Å²) in [5.41, 5.74) is 1.94. The van der Waals surface area contributed by atoms with Crippen molar-refractivity contribution in [2.24, 2.45) is 12.0 Å². The van der Waals surface area contributed by atoms with Gasteiger partial charge in [-0.3, -0.25) is 4.79 Å². The Bertz CT molecular complexity index is 571. The van der Waals surface area contributed by atoms with Gasteiger partial charge < -0.3 is 20.3 Å². The minimum atomic E-state index is -0.00537. The van der Waals surface area contributed by atoms with E-state index in [4.69, 9.17) is 4.74 Å². The van der Waals surface area contributed by atoms with Crippen LogP contribution in [0.4, 0.5) is 0 Å². The van der Waals surface area contributed by atoms with E-state index < -0.39 is 0 Å². The summed E-state index contributed by atoms with van der Waals surface area (Å²) in [4.78, 5) is 17.9. The van der Waals surface area contributed by atoms with Gasteiger partial charge in [-0.1, -0.05) is 13.8 Å². The molecule has 1 amide bonds. The van der Waals surface area contributed by atoms with Crippen LogP contribution in [0.25, 0.3) is 0 Å². The number of aryl methyl sites for hydroxylation is 2. The molecule has 8 nitrogen and oxygen atoms in total. The third kappa shape index (κ3) is 7.09. The fourth-order valence-electron chi connectivity index (χ4n) is 2.20. The predicted molar refractivity (Wildman–Crippen MR) is 111 cm³/mol. The predicted octanol–water partition coefficient (Wildman–Crippen LogP) is 1.14. The van der Waals surface area contributed by atoms with Crippen LogP contribution in [-0.2, 0) is 24.8 Å². The van der Waals surface area contributed by atoms with Gasteiger partial charge in [0.05, 0.1) is 31.5 Å². The van der Waals surface area contributed by atoms with Crippen molar-refractivity contribution in [2.75, 3.05) is 34.3 Å². The first-order valence-corrected chi connectivity index (χ1v) is 8.25. The van der Waals surface area contributed by atoms with Crippen LogP contribution in [0.15, 0.2) is 4.99 Å². The Morgan fingerprint density at radius 2 is 2.00 bits per heavy atom. The number of hydrogen-bond donors (Lipinski definition) is 2. The maximum absolute atomic E-state index is 11.7. The van der Waals surface area contributed by atoms with Crippen LogP contribution in [0.3, 0.4) is 0 Å². The van der Waals surface area contributed by atoms with Crippen LogP contribution in [0.2, 0.25) is 0 Å². The van der Waals surface area contributed by atoms with E-state index >= 15 is 0 Å². The SMILES string of the molecule is CCCNC(=NCc1c(CC)nn(C)c1OC)NCC(=O)N(C)C.I. The molecule has 0 aromatic carbocycles. The van der Waals surface area contributed by atoms with Crippen LogP contribution < -0.4 is 15.4 Å². The monoisotopic (exact) mass is 466 g/mol. The Hall–Kier alpha value is -1.52. The number of nitrogens with one attached hydrogen (secondary N) is 2. The first-order chi connectivity index (χ1) is 11.4. The molecule has 1 rings (SSSR count). The highest BCUT2D eigenvalue weighted by molar-refractivity contribution is 14.0. The molecule has 2 N–H and O–H groups in total. The van der Waals surface area contributed by atoms with Gasteiger partial charge in [-0.05, 0) is 12.8 Å². The number of hydrogen-bond acceptors (Lipinski definition) is 4. The topological polar surface area (TPSA) is 83.8 Å². The molecule has 0 radical (unpaired) electrons. The lowest BCUT2D eigenvalue weighted by molar-refractivity contribution is -0.127. The Labute approximate surface area is 167 Å². The van der Waals surface area contributed by atoms with Crippen LogP contribution in [0, 0.1) is 0 Å². The largest absolute Gasteiger partial charge is 0.481 e. The second-order valence-electron chi connectivity index (χ2n) is 5.65. The van der Waals surface area contributed by atoms with Gasteiger partial charge >= 0.3 is 0 Å². The maximum atomic E-state index is 11.7. The number of methoxy groups -OCH3 is 1. The lowest BCUT2D eigenvalue weighted by Crippen LogP contribution is -2.43. The summed E-state index contributed by atoms with van der Waals surface area (Å²) in [5.74, 6) is 1.32. The van der Waals surface area contributed by atoms with E-state index in [1.807, 2.05) is 7.05 Å². The summed E-state index contributed by atoms with van der Waals surface area (Å²) in [5, 5.41) is 10.7. The van der Waals surface area contributed by atoms with Crippen molar-refractivity contribution in [3.8, 4) is 5.88 Å². The van der Waals surface area contributed by atoms with Gasteiger partial charge in [-0.2, -0.15) is 5.10 Å². The van der Waals surface area contributed by atoms with E-state index in [9.17, 15) is 4.79 Å². The van der Waals surface area contributed by atoms with Gasteiger partial charge in [-0.15, -0.1) is 24.0 Å². The van der Waals surface area contributed by atoms with E-state index in [1.54, 1.807) is 30.8 Å². The smallest absolute Gasteiger partial charge is 0.241 e. The molecule has 1 aromatic heterocycles. The molecule has 0 fully saturated rings. The van der Waals surface area contributed by atoms with E-state index in [-0.39, 0.29) is 36.4 Å². The summed E-state index contributed by atoms with van der Waals surface area (Å²) in [7, 11) is 6.95. The second kappa shape index (κ2) is 11.9. The van der Waals surface area contributed by atoms with Crippen molar-refractivity contribution in [1.29, 1.82) is 0 Å². The van der Waals surface area contributed by atoms with Crippen molar-refractivity contribution < 1.29 is 9.53 Å². The number of likely N-dealkylation sites (N-methyl/N-ethyl adjacent to an activating group) is 1. The number of aliphatic imine (C=N–C) groups is 1. The Morgan fingerprint density at radius 3 is 2.52 bits per heavy atom. The fourth-order valence-corrected chi connectivity index (χ4v) is 2.20. The van der Waals surface area contributed by atoms with Crippen LogP contribution in [-0.4, -0.2) is 60.8 Å². The molecule has 0 saturated heterocycles. The molecular weight excluding hydrogens is 435 g/mol. The quantitative estimate of drug-likeness (QED) is 0.341. The summed E-state index contributed by atoms with van der Waals surface area (Å²) >= 11 is 0. The standard InChI is InChI=1S/C16H30N6O2.HI/c1-7-9-17-16(19-11-14(23)21(3)4)18-10-12-13(8-2)20-22(5)15(12)24-6;/h7-11H2,1-6H3,(H2,17,18,19);1H. The molecule has 1 heterocycles. The highest BCUT2D eigenvalue weighted by atomic mass is 127. The van der Waals surface area contributed by atoms with E-state index in [2.05, 4.69) is 34.6 Å². The van der Waals surface area contributed by atoms with Crippen molar-refractivity contribution in [3.05, 3.63) is 11.3 Å². The number of rotatable bonds is 8. The lowest BCUT2D eigenvalue weighted by atomic mass is 10.2. The summed E-state index contributed by atoms with van der Waals surface area (Å²) in [6.07, 6.45) is 1.78. The third-order valence-electron chi connectivity index (χ3n) is 3.54. The molecule has 9 heteroatoms.